The maximum absolute atomic E-state index is 12.6. The van der Waals surface area contributed by atoms with Crippen molar-refractivity contribution in [2.24, 2.45) is 0 Å². The first-order valence-corrected chi connectivity index (χ1v) is 5.59. The maximum atomic E-state index is 12.6. The monoisotopic (exact) mass is 271 g/mol. The Morgan fingerprint density at radius 2 is 2.00 bits per heavy atom. The molecule has 0 spiro atoms. The van der Waals surface area contributed by atoms with Crippen LogP contribution in [0.2, 0.25) is 10.0 Å². The van der Waals surface area contributed by atoms with Crippen LogP contribution in [0.5, 0.6) is 5.75 Å². The Morgan fingerprint density at radius 3 is 2.71 bits per heavy atom. The number of hydrogen-bond donors (Lipinski definition) is 0. The van der Waals surface area contributed by atoms with Crippen LogP contribution in [0.25, 0.3) is 0 Å². The third-order valence-electron chi connectivity index (χ3n) is 2.13. The number of halogens is 3. The van der Waals surface area contributed by atoms with E-state index in [0.717, 1.165) is 5.56 Å². The first-order valence-electron chi connectivity index (χ1n) is 4.84. The second-order valence-electron chi connectivity index (χ2n) is 3.32. The van der Waals surface area contributed by atoms with E-state index in [-0.39, 0.29) is 6.61 Å². The van der Waals surface area contributed by atoms with Crippen LogP contribution >= 0.6 is 23.2 Å². The molecule has 0 aliphatic heterocycles. The zero-order valence-electron chi connectivity index (χ0n) is 8.66. The molecule has 17 heavy (non-hydrogen) atoms. The first-order chi connectivity index (χ1) is 8.16. The average molecular weight is 272 g/mol. The van der Waals surface area contributed by atoms with E-state index < -0.39 is 5.95 Å². The minimum absolute atomic E-state index is 0.257. The second-order valence-corrected chi connectivity index (χ2v) is 4.10. The van der Waals surface area contributed by atoms with Gasteiger partial charge in [0.25, 0.3) is 0 Å². The van der Waals surface area contributed by atoms with E-state index in [1.165, 1.54) is 18.3 Å². The third-order valence-corrected chi connectivity index (χ3v) is 2.98. The minimum Gasteiger partial charge on any atom is -0.487 e. The zero-order chi connectivity index (χ0) is 12.3. The average Bonchev–Trinajstić information content (AvgIpc) is 2.33. The molecule has 0 saturated carbocycles. The van der Waals surface area contributed by atoms with E-state index in [9.17, 15) is 4.39 Å². The van der Waals surface area contributed by atoms with E-state index in [0.29, 0.717) is 15.8 Å². The lowest BCUT2D eigenvalue weighted by Gasteiger charge is -2.08. The summed E-state index contributed by atoms with van der Waals surface area (Å²) in [4.78, 5) is 3.48. The quantitative estimate of drug-likeness (QED) is 0.784. The van der Waals surface area contributed by atoms with Gasteiger partial charge in [-0.2, -0.15) is 4.39 Å². The molecule has 0 fully saturated rings. The summed E-state index contributed by atoms with van der Waals surface area (Å²) in [6.45, 7) is 0.257. The fourth-order valence-corrected chi connectivity index (χ4v) is 1.64. The standard InChI is InChI=1S/C12H8Cl2FNO/c13-10-3-1-2-8(12(10)14)7-17-9-4-5-11(15)16-6-9/h1-6H,7H2. The number of benzene rings is 1. The van der Waals surface area contributed by atoms with Gasteiger partial charge in [-0.1, -0.05) is 35.3 Å². The highest BCUT2D eigenvalue weighted by Gasteiger charge is 2.05. The van der Waals surface area contributed by atoms with Gasteiger partial charge in [0.1, 0.15) is 12.4 Å². The van der Waals surface area contributed by atoms with Crippen molar-refractivity contribution < 1.29 is 9.13 Å². The van der Waals surface area contributed by atoms with Crippen LogP contribution in [0.3, 0.4) is 0 Å². The summed E-state index contributed by atoms with van der Waals surface area (Å²) in [5.41, 5.74) is 0.767. The molecule has 1 heterocycles. The normalized spacial score (nSPS) is 10.3. The molecule has 5 heteroatoms. The van der Waals surface area contributed by atoms with E-state index in [1.54, 1.807) is 12.1 Å². The highest BCUT2D eigenvalue weighted by molar-refractivity contribution is 6.42. The molecular weight excluding hydrogens is 264 g/mol. The molecule has 0 amide bonds. The smallest absolute Gasteiger partial charge is 0.213 e. The lowest BCUT2D eigenvalue weighted by molar-refractivity contribution is 0.304. The molecular formula is C12H8Cl2FNO. The van der Waals surface area contributed by atoms with Gasteiger partial charge in [0.05, 0.1) is 16.2 Å². The van der Waals surface area contributed by atoms with Crippen LogP contribution in [0.15, 0.2) is 36.5 Å². The van der Waals surface area contributed by atoms with Crippen LogP contribution < -0.4 is 4.74 Å². The molecule has 2 aromatic rings. The van der Waals surface area contributed by atoms with E-state index in [1.807, 2.05) is 6.07 Å². The molecule has 0 N–H and O–H groups in total. The summed E-state index contributed by atoms with van der Waals surface area (Å²) in [6.07, 6.45) is 1.31. The molecule has 0 saturated heterocycles. The molecule has 2 rings (SSSR count). The van der Waals surface area contributed by atoms with Gasteiger partial charge < -0.3 is 4.74 Å². The van der Waals surface area contributed by atoms with Gasteiger partial charge in [0.15, 0.2) is 0 Å². The number of ether oxygens (including phenoxy) is 1. The Bertz CT molecular complexity index is 516. The molecule has 1 aromatic heterocycles. The third kappa shape index (κ3) is 3.08. The van der Waals surface area contributed by atoms with Gasteiger partial charge >= 0.3 is 0 Å². The Hall–Kier alpha value is -1.32. The molecule has 0 radical (unpaired) electrons. The maximum Gasteiger partial charge on any atom is 0.213 e. The second kappa shape index (κ2) is 5.34. The fraction of sp³-hybridized carbons (Fsp3) is 0.0833. The van der Waals surface area contributed by atoms with Crippen LogP contribution in [-0.4, -0.2) is 4.98 Å². The van der Waals surface area contributed by atoms with E-state index in [4.69, 9.17) is 27.9 Å². The molecule has 0 aliphatic rings. The van der Waals surface area contributed by atoms with Crippen molar-refractivity contribution in [2.75, 3.05) is 0 Å². The number of pyridine rings is 1. The van der Waals surface area contributed by atoms with Gasteiger partial charge in [-0.05, 0) is 18.2 Å². The SMILES string of the molecule is Fc1ccc(OCc2cccc(Cl)c2Cl)cn1. The summed E-state index contributed by atoms with van der Waals surface area (Å²) < 4.78 is 18.0. The van der Waals surface area contributed by atoms with Crippen molar-refractivity contribution in [1.29, 1.82) is 0 Å². The van der Waals surface area contributed by atoms with Crippen LogP contribution in [0.4, 0.5) is 4.39 Å². The van der Waals surface area contributed by atoms with Crippen molar-refractivity contribution in [3.8, 4) is 5.75 Å². The summed E-state index contributed by atoms with van der Waals surface area (Å²) in [6, 6.07) is 8.03. The number of hydrogen-bond acceptors (Lipinski definition) is 2. The largest absolute Gasteiger partial charge is 0.487 e. The van der Waals surface area contributed by atoms with Crippen LogP contribution in [0, 0.1) is 5.95 Å². The number of aromatic nitrogens is 1. The van der Waals surface area contributed by atoms with Gasteiger partial charge in [-0.25, -0.2) is 4.98 Å². The highest BCUT2D eigenvalue weighted by Crippen LogP contribution is 2.26. The lowest BCUT2D eigenvalue weighted by Crippen LogP contribution is -1.97. The van der Waals surface area contributed by atoms with Gasteiger partial charge in [0.2, 0.25) is 5.95 Å². The molecule has 2 nitrogen and oxygen atoms in total. The summed E-state index contributed by atoms with van der Waals surface area (Å²) in [5, 5.41) is 0.939. The molecule has 0 bridgehead atoms. The molecule has 0 unspecified atom stereocenters. The van der Waals surface area contributed by atoms with E-state index >= 15 is 0 Å². The zero-order valence-corrected chi connectivity index (χ0v) is 10.2. The fourth-order valence-electron chi connectivity index (χ4n) is 1.27. The summed E-state index contributed by atoms with van der Waals surface area (Å²) in [7, 11) is 0. The van der Waals surface area contributed by atoms with Gasteiger partial charge in [-0.3, -0.25) is 0 Å². The molecule has 1 aromatic carbocycles. The number of nitrogens with zero attached hydrogens (tertiary/aromatic N) is 1. The molecule has 0 atom stereocenters. The van der Waals surface area contributed by atoms with Crippen molar-refractivity contribution in [1.82, 2.24) is 4.98 Å². The molecule has 0 aliphatic carbocycles. The van der Waals surface area contributed by atoms with Crippen LogP contribution in [-0.2, 0) is 6.61 Å². The summed E-state index contributed by atoms with van der Waals surface area (Å²) in [5.74, 6) is -0.0689. The predicted molar refractivity (Wildman–Crippen MR) is 65.0 cm³/mol. The molecule has 88 valence electrons. The Balaban J connectivity index is 2.07. The van der Waals surface area contributed by atoms with E-state index in [2.05, 4.69) is 4.98 Å². The van der Waals surface area contributed by atoms with Gasteiger partial charge in [-0.15, -0.1) is 0 Å². The van der Waals surface area contributed by atoms with Gasteiger partial charge in [0, 0.05) is 5.56 Å². The summed E-state index contributed by atoms with van der Waals surface area (Å²) >= 11 is 11.9. The van der Waals surface area contributed by atoms with Crippen LogP contribution in [0.1, 0.15) is 5.56 Å². The Kier molecular flexibility index (Phi) is 3.82. The van der Waals surface area contributed by atoms with Crippen molar-refractivity contribution in [2.45, 2.75) is 6.61 Å². The predicted octanol–water partition coefficient (Wildman–Crippen LogP) is 4.11. The van der Waals surface area contributed by atoms with Crippen molar-refractivity contribution >= 4 is 23.2 Å². The highest BCUT2D eigenvalue weighted by atomic mass is 35.5. The lowest BCUT2D eigenvalue weighted by atomic mass is 10.2. The Morgan fingerprint density at radius 1 is 1.18 bits per heavy atom. The Labute approximate surface area is 108 Å². The minimum atomic E-state index is -0.543. The van der Waals surface area contributed by atoms with Crippen molar-refractivity contribution in [3.63, 3.8) is 0 Å². The first kappa shape index (κ1) is 12.1. The van der Waals surface area contributed by atoms with Crippen molar-refractivity contribution in [3.05, 3.63) is 58.1 Å². The topological polar surface area (TPSA) is 22.1 Å². The number of rotatable bonds is 3.